The second-order valence-electron chi connectivity index (χ2n) is 7.68. The van der Waals surface area contributed by atoms with E-state index in [1.165, 1.54) is 0 Å². The molecule has 3 amide bonds. The minimum absolute atomic E-state index is 0.0394. The van der Waals surface area contributed by atoms with Gasteiger partial charge in [0.15, 0.2) is 0 Å². The molecule has 0 saturated carbocycles. The Balaban J connectivity index is 1.76. The molecule has 1 saturated heterocycles. The predicted octanol–water partition coefficient (Wildman–Crippen LogP) is 3.17. The molecule has 25 heavy (non-hydrogen) atoms. The van der Waals surface area contributed by atoms with Gasteiger partial charge in [-0.2, -0.15) is 0 Å². The highest BCUT2D eigenvalue weighted by atomic mass is 35.5. The molecule has 1 aliphatic heterocycles. The number of amides is 3. The van der Waals surface area contributed by atoms with E-state index in [1.54, 1.807) is 11.0 Å². The third-order valence-corrected chi connectivity index (χ3v) is 4.74. The van der Waals surface area contributed by atoms with Gasteiger partial charge in [0, 0.05) is 37.7 Å². The maximum Gasteiger partial charge on any atom is 0.317 e. The van der Waals surface area contributed by atoms with Crippen molar-refractivity contribution in [2.75, 3.05) is 32.7 Å². The summed E-state index contributed by atoms with van der Waals surface area (Å²) >= 11 is 6.12. The minimum Gasteiger partial charge on any atom is -0.339 e. The maximum atomic E-state index is 12.4. The fraction of sp³-hybridized carbons (Fsp3) is 0.579. The fourth-order valence-electron chi connectivity index (χ4n) is 2.73. The van der Waals surface area contributed by atoms with Gasteiger partial charge in [-0.3, -0.25) is 4.79 Å². The zero-order valence-corrected chi connectivity index (χ0v) is 16.1. The molecule has 0 unspecified atom stereocenters. The average Bonchev–Trinajstić information content (AvgIpc) is 2.56. The SMILES string of the molecule is CC(C)(C)CCNC(=O)N1CCN(C(=O)Cc2ccccc2Cl)CC1. The molecule has 1 heterocycles. The van der Waals surface area contributed by atoms with Gasteiger partial charge >= 0.3 is 6.03 Å². The van der Waals surface area contributed by atoms with Gasteiger partial charge in [0.05, 0.1) is 6.42 Å². The second-order valence-corrected chi connectivity index (χ2v) is 8.09. The van der Waals surface area contributed by atoms with Gasteiger partial charge in [-0.15, -0.1) is 0 Å². The van der Waals surface area contributed by atoms with Crippen molar-refractivity contribution in [1.82, 2.24) is 15.1 Å². The van der Waals surface area contributed by atoms with Crippen LogP contribution in [0.25, 0.3) is 0 Å². The largest absolute Gasteiger partial charge is 0.339 e. The lowest BCUT2D eigenvalue weighted by molar-refractivity contribution is -0.131. The molecule has 138 valence electrons. The molecule has 1 aromatic rings. The van der Waals surface area contributed by atoms with Gasteiger partial charge in [0.25, 0.3) is 0 Å². The van der Waals surface area contributed by atoms with E-state index in [0.29, 0.717) is 44.2 Å². The normalized spacial score (nSPS) is 15.2. The molecule has 6 heteroatoms. The highest BCUT2D eigenvalue weighted by molar-refractivity contribution is 6.31. The highest BCUT2D eigenvalue weighted by Crippen LogP contribution is 2.18. The molecule has 0 spiro atoms. The first-order valence-electron chi connectivity index (χ1n) is 8.80. The van der Waals surface area contributed by atoms with Crippen LogP contribution in [0, 0.1) is 5.41 Å². The molecule has 5 nitrogen and oxygen atoms in total. The summed E-state index contributed by atoms with van der Waals surface area (Å²) in [5.74, 6) is 0.0564. The first-order valence-corrected chi connectivity index (χ1v) is 9.18. The first kappa shape index (κ1) is 19.6. The van der Waals surface area contributed by atoms with Crippen molar-refractivity contribution in [3.05, 3.63) is 34.9 Å². The van der Waals surface area contributed by atoms with Crippen LogP contribution >= 0.6 is 11.6 Å². The van der Waals surface area contributed by atoms with Crippen molar-refractivity contribution in [3.63, 3.8) is 0 Å². The summed E-state index contributed by atoms with van der Waals surface area (Å²) in [7, 11) is 0. The molecule has 0 aliphatic carbocycles. The zero-order chi connectivity index (χ0) is 18.4. The van der Waals surface area contributed by atoms with E-state index >= 15 is 0 Å². The Morgan fingerprint density at radius 2 is 1.68 bits per heavy atom. The Kier molecular flexibility index (Phi) is 6.71. The molecular formula is C19H28ClN3O2. The number of hydrogen-bond donors (Lipinski definition) is 1. The summed E-state index contributed by atoms with van der Waals surface area (Å²) in [6, 6.07) is 7.37. The number of halogens is 1. The number of urea groups is 1. The van der Waals surface area contributed by atoms with Crippen LogP contribution in [0.4, 0.5) is 4.79 Å². The molecular weight excluding hydrogens is 338 g/mol. The van der Waals surface area contributed by atoms with Crippen LogP contribution in [0.5, 0.6) is 0 Å². The Bertz CT molecular complexity index is 605. The summed E-state index contributed by atoms with van der Waals surface area (Å²) in [6.45, 7) is 9.40. The van der Waals surface area contributed by atoms with E-state index < -0.39 is 0 Å². The van der Waals surface area contributed by atoms with Crippen LogP contribution in [0.15, 0.2) is 24.3 Å². The van der Waals surface area contributed by atoms with Gasteiger partial charge < -0.3 is 15.1 Å². The minimum atomic E-state index is -0.0394. The van der Waals surface area contributed by atoms with E-state index in [4.69, 9.17) is 11.6 Å². The van der Waals surface area contributed by atoms with E-state index in [1.807, 2.05) is 23.1 Å². The summed E-state index contributed by atoms with van der Waals surface area (Å²) < 4.78 is 0. The van der Waals surface area contributed by atoms with Crippen molar-refractivity contribution < 1.29 is 9.59 Å². The predicted molar refractivity (Wildman–Crippen MR) is 101 cm³/mol. The van der Waals surface area contributed by atoms with Gasteiger partial charge in [0.1, 0.15) is 0 Å². The standard InChI is InChI=1S/C19H28ClN3O2/c1-19(2,3)8-9-21-18(25)23-12-10-22(11-13-23)17(24)14-15-6-4-5-7-16(15)20/h4-7H,8-14H2,1-3H3,(H,21,25). The molecule has 0 bridgehead atoms. The quantitative estimate of drug-likeness (QED) is 0.890. The molecule has 0 atom stereocenters. The van der Waals surface area contributed by atoms with Crippen molar-refractivity contribution >= 4 is 23.5 Å². The topological polar surface area (TPSA) is 52.7 Å². The lowest BCUT2D eigenvalue weighted by Gasteiger charge is -2.35. The number of carbonyl (C=O) groups is 2. The Hall–Kier alpha value is -1.75. The lowest BCUT2D eigenvalue weighted by atomic mass is 9.92. The third-order valence-electron chi connectivity index (χ3n) is 4.37. The molecule has 1 aliphatic rings. The number of nitrogens with zero attached hydrogens (tertiary/aromatic N) is 2. The Morgan fingerprint density at radius 1 is 1.08 bits per heavy atom. The summed E-state index contributed by atoms with van der Waals surface area (Å²) in [6.07, 6.45) is 1.24. The summed E-state index contributed by atoms with van der Waals surface area (Å²) in [5.41, 5.74) is 1.05. The fourth-order valence-corrected chi connectivity index (χ4v) is 2.93. The molecule has 1 fully saturated rings. The van der Waals surface area contributed by atoms with Crippen molar-refractivity contribution in [1.29, 1.82) is 0 Å². The number of hydrogen-bond acceptors (Lipinski definition) is 2. The van der Waals surface area contributed by atoms with Crippen LogP contribution in [0.3, 0.4) is 0 Å². The number of carbonyl (C=O) groups excluding carboxylic acids is 2. The molecule has 2 rings (SSSR count). The van der Waals surface area contributed by atoms with Crippen molar-refractivity contribution in [3.8, 4) is 0 Å². The van der Waals surface area contributed by atoms with Crippen molar-refractivity contribution in [2.24, 2.45) is 5.41 Å². The van der Waals surface area contributed by atoms with Crippen LogP contribution in [-0.2, 0) is 11.2 Å². The monoisotopic (exact) mass is 365 g/mol. The van der Waals surface area contributed by atoms with Gasteiger partial charge in [-0.1, -0.05) is 50.6 Å². The third kappa shape index (κ3) is 6.24. The van der Waals surface area contributed by atoms with E-state index in [2.05, 4.69) is 26.1 Å². The van der Waals surface area contributed by atoms with Gasteiger partial charge in [-0.25, -0.2) is 4.79 Å². The van der Waals surface area contributed by atoms with E-state index in [0.717, 1.165) is 12.0 Å². The molecule has 1 N–H and O–H groups in total. The molecule has 1 aromatic carbocycles. The molecule has 0 radical (unpaired) electrons. The van der Waals surface area contributed by atoms with E-state index in [9.17, 15) is 9.59 Å². The maximum absolute atomic E-state index is 12.4. The number of nitrogens with one attached hydrogen (secondary N) is 1. The summed E-state index contributed by atoms with van der Waals surface area (Å²) in [5, 5.41) is 3.58. The molecule has 0 aromatic heterocycles. The van der Waals surface area contributed by atoms with Crippen LogP contribution in [0.1, 0.15) is 32.8 Å². The van der Waals surface area contributed by atoms with E-state index in [-0.39, 0.29) is 17.4 Å². The number of piperazine rings is 1. The lowest BCUT2D eigenvalue weighted by Crippen LogP contribution is -2.53. The Labute approximate surface area is 155 Å². The number of rotatable bonds is 4. The number of benzene rings is 1. The smallest absolute Gasteiger partial charge is 0.317 e. The summed E-state index contributed by atoms with van der Waals surface area (Å²) in [4.78, 5) is 28.2. The second kappa shape index (κ2) is 8.56. The van der Waals surface area contributed by atoms with Crippen LogP contribution in [0.2, 0.25) is 5.02 Å². The highest BCUT2D eigenvalue weighted by Gasteiger charge is 2.24. The van der Waals surface area contributed by atoms with Gasteiger partial charge in [-0.05, 0) is 23.5 Å². The van der Waals surface area contributed by atoms with Crippen LogP contribution < -0.4 is 5.32 Å². The van der Waals surface area contributed by atoms with Crippen molar-refractivity contribution in [2.45, 2.75) is 33.6 Å². The van der Waals surface area contributed by atoms with Crippen LogP contribution in [-0.4, -0.2) is 54.5 Å². The Morgan fingerprint density at radius 3 is 2.28 bits per heavy atom. The first-order chi connectivity index (χ1) is 11.8. The average molecular weight is 366 g/mol. The zero-order valence-electron chi connectivity index (χ0n) is 15.3. The van der Waals surface area contributed by atoms with Gasteiger partial charge in [0.2, 0.25) is 5.91 Å².